The van der Waals surface area contributed by atoms with Gasteiger partial charge in [0.25, 0.3) is 0 Å². The second-order valence-corrected chi connectivity index (χ2v) is 6.95. The summed E-state index contributed by atoms with van der Waals surface area (Å²) in [4.78, 5) is 23.0. The Labute approximate surface area is 138 Å². The molecular formula is C19H28O4. The van der Waals surface area contributed by atoms with Crippen molar-refractivity contribution in [1.29, 1.82) is 0 Å². The predicted molar refractivity (Wildman–Crippen MR) is 90.4 cm³/mol. The minimum Gasteiger partial charge on any atom is -0.481 e. The van der Waals surface area contributed by atoms with Gasteiger partial charge in [-0.15, -0.1) is 0 Å². The summed E-state index contributed by atoms with van der Waals surface area (Å²) in [6.07, 6.45) is 3.67. The summed E-state index contributed by atoms with van der Waals surface area (Å²) in [6.45, 7) is 5.42. The first kappa shape index (κ1) is 19.2. The first-order valence-electron chi connectivity index (χ1n) is 8.24. The maximum atomic E-state index is 11.7. The fraction of sp³-hybridized carbons (Fsp3) is 0.579. The molecule has 0 amide bonds. The number of carboxylic acids is 2. The van der Waals surface area contributed by atoms with Crippen LogP contribution in [0.3, 0.4) is 0 Å². The smallest absolute Gasteiger partial charge is 0.309 e. The minimum absolute atomic E-state index is 0.493. The van der Waals surface area contributed by atoms with Crippen molar-refractivity contribution in [2.45, 2.75) is 59.3 Å². The summed E-state index contributed by atoms with van der Waals surface area (Å²) in [5.74, 6) is -1.57. The molecule has 0 fully saturated rings. The highest BCUT2D eigenvalue weighted by atomic mass is 16.4. The van der Waals surface area contributed by atoms with Gasteiger partial charge in [0.1, 0.15) is 0 Å². The molecule has 0 spiro atoms. The zero-order valence-corrected chi connectivity index (χ0v) is 14.3. The lowest BCUT2D eigenvalue weighted by atomic mass is 9.77. The fourth-order valence-electron chi connectivity index (χ4n) is 2.78. The van der Waals surface area contributed by atoms with Crippen molar-refractivity contribution in [1.82, 2.24) is 0 Å². The Morgan fingerprint density at radius 1 is 0.913 bits per heavy atom. The molecule has 0 aliphatic heterocycles. The molecule has 1 aromatic rings. The molecule has 2 N–H and O–H groups in total. The average molecular weight is 320 g/mol. The first-order valence-corrected chi connectivity index (χ1v) is 8.24. The lowest BCUT2D eigenvalue weighted by Gasteiger charge is -2.26. The maximum Gasteiger partial charge on any atom is 0.309 e. The van der Waals surface area contributed by atoms with Gasteiger partial charge >= 0.3 is 11.9 Å². The number of carboxylic acid groups (broad SMARTS) is 2. The molecule has 1 rings (SSSR count). The van der Waals surface area contributed by atoms with E-state index in [2.05, 4.69) is 0 Å². The third kappa shape index (κ3) is 5.38. The first-order chi connectivity index (χ1) is 10.7. The fourth-order valence-corrected chi connectivity index (χ4v) is 2.78. The van der Waals surface area contributed by atoms with Crippen molar-refractivity contribution >= 4 is 11.9 Å². The molecule has 0 bridgehead atoms. The highest BCUT2D eigenvalue weighted by Crippen LogP contribution is 2.33. The van der Waals surface area contributed by atoms with E-state index in [9.17, 15) is 19.8 Å². The Morgan fingerprint density at radius 2 is 1.39 bits per heavy atom. The molecule has 4 heteroatoms. The van der Waals surface area contributed by atoms with Crippen LogP contribution in [0.1, 0.15) is 58.4 Å². The topological polar surface area (TPSA) is 74.6 Å². The molecule has 4 nitrogen and oxygen atoms in total. The van der Waals surface area contributed by atoms with E-state index in [0.717, 1.165) is 18.4 Å². The van der Waals surface area contributed by atoms with Gasteiger partial charge in [-0.2, -0.15) is 0 Å². The lowest BCUT2D eigenvalue weighted by molar-refractivity contribution is -0.150. The number of hydrogen-bond donors (Lipinski definition) is 2. The van der Waals surface area contributed by atoms with Gasteiger partial charge < -0.3 is 10.2 Å². The summed E-state index contributed by atoms with van der Waals surface area (Å²) < 4.78 is 0. The highest BCUT2D eigenvalue weighted by molar-refractivity contribution is 5.74. The second kappa shape index (κ2) is 8.14. The zero-order chi connectivity index (χ0) is 17.5. The van der Waals surface area contributed by atoms with Crippen LogP contribution in [0.15, 0.2) is 30.3 Å². The van der Waals surface area contributed by atoms with E-state index in [1.165, 1.54) is 0 Å². The van der Waals surface area contributed by atoms with Gasteiger partial charge in [0, 0.05) is 0 Å². The van der Waals surface area contributed by atoms with Crippen molar-refractivity contribution < 1.29 is 19.8 Å². The number of unbranched alkanes of at least 4 members (excludes halogenated alkanes) is 1. The normalized spacial score (nSPS) is 16.3. The molecule has 1 aromatic carbocycles. The van der Waals surface area contributed by atoms with Gasteiger partial charge in [-0.1, -0.05) is 50.1 Å². The van der Waals surface area contributed by atoms with E-state index in [1.807, 2.05) is 37.3 Å². The van der Waals surface area contributed by atoms with Gasteiger partial charge in [-0.05, 0) is 45.1 Å². The Bertz CT molecular complexity index is 525. The SMILES string of the molecule is CCC(C)(CCCCC(C)(Cc1ccccc1)C(=O)O)C(=O)O. The molecule has 2 unspecified atom stereocenters. The van der Waals surface area contributed by atoms with Gasteiger partial charge in [0.2, 0.25) is 0 Å². The molecule has 0 saturated heterocycles. The number of rotatable bonds is 10. The largest absolute Gasteiger partial charge is 0.481 e. The maximum absolute atomic E-state index is 11.7. The van der Waals surface area contributed by atoms with Crippen LogP contribution in [-0.2, 0) is 16.0 Å². The Kier molecular flexibility index (Phi) is 6.79. The van der Waals surface area contributed by atoms with Crippen LogP contribution >= 0.6 is 0 Å². The van der Waals surface area contributed by atoms with Gasteiger partial charge in [0.05, 0.1) is 10.8 Å². The molecule has 0 aliphatic carbocycles. The number of hydrogen-bond acceptors (Lipinski definition) is 2. The van der Waals surface area contributed by atoms with Crippen LogP contribution in [0.5, 0.6) is 0 Å². The van der Waals surface area contributed by atoms with E-state index < -0.39 is 22.8 Å². The van der Waals surface area contributed by atoms with Crippen molar-refractivity contribution in [3.63, 3.8) is 0 Å². The Morgan fingerprint density at radius 3 is 1.83 bits per heavy atom. The monoisotopic (exact) mass is 320 g/mol. The van der Waals surface area contributed by atoms with E-state index >= 15 is 0 Å². The van der Waals surface area contributed by atoms with Crippen LogP contribution in [0.25, 0.3) is 0 Å². The molecular weight excluding hydrogens is 292 g/mol. The Balaban J connectivity index is 2.60. The van der Waals surface area contributed by atoms with Crippen LogP contribution in [0.4, 0.5) is 0 Å². The zero-order valence-electron chi connectivity index (χ0n) is 14.3. The molecule has 0 aliphatic rings. The van der Waals surface area contributed by atoms with Gasteiger partial charge in [-0.25, -0.2) is 0 Å². The van der Waals surface area contributed by atoms with Crippen LogP contribution in [0, 0.1) is 10.8 Å². The highest BCUT2D eigenvalue weighted by Gasteiger charge is 2.34. The summed E-state index contributed by atoms with van der Waals surface area (Å²) in [7, 11) is 0. The molecule has 0 heterocycles. The molecule has 0 saturated carbocycles. The molecule has 0 radical (unpaired) electrons. The summed E-state index contributed by atoms with van der Waals surface area (Å²) in [5, 5.41) is 18.9. The summed E-state index contributed by atoms with van der Waals surface area (Å²) >= 11 is 0. The standard InChI is InChI=1S/C19H28O4/c1-4-18(2,16(20)21)12-8-9-13-19(3,17(22)23)14-15-10-6-5-7-11-15/h5-7,10-11H,4,8-9,12-14H2,1-3H3,(H,20,21)(H,22,23). The molecule has 23 heavy (non-hydrogen) atoms. The van der Waals surface area contributed by atoms with Crippen LogP contribution in [0.2, 0.25) is 0 Å². The third-order valence-corrected chi connectivity index (χ3v) is 4.96. The minimum atomic E-state index is -0.812. The third-order valence-electron chi connectivity index (χ3n) is 4.96. The van der Waals surface area contributed by atoms with Crippen molar-refractivity contribution in [2.75, 3.05) is 0 Å². The molecule has 2 atom stereocenters. The van der Waals surface area contributed by atoms with E-state index in [4.69, 9.17) is 0 Å². The van der Waals surface area contributed by atoms with E-state index in [0.29, 0.717) is 25.7 Å². The average Bonchev–Trinajstić information content (AvgIpc) is 2.52. The van der Waals surface area contributed by atoms with E-state index in [1.54, 1.807) is 13.8 Å². The van der Waals surface area contributed by atoms with Crippen molar-refractivity contribution in [3.8, 4) is 0 Å². The predicted octanol–water partition coefficient (Wildman–Crippen LogP) is 4.38. The van der Waals surface area contributed by atoms with Crippen LogP contribution < -0.4 is 0 Å². The molecule has 0 aromatic heterocycles. The quantitative estimate of drug-likeness (QED) is 0.627. The van der Waals surface area contributed by atoms with Gasteiger partial charge in [-0.3, -0.25) is 9.59 Å². The Hall–Kier alpha value is -1.84. The summed E-state index contributed by atoms with van der Waals surface area (Å²) in [5.41, 5.74) is -0.506. The van der Waals surface area contributed by atoms with Crippen LogP contribution in [-0.4, -0.2) is 22.2 Å². The van der Waals surface area contributed by atoms with Crippen molar-refractivity contribution in [3.05, 3.63) is 35.9 Å². The number of carbonyl (C=O) groups is 2. The van der Waals surface area contributed by atoms with Gasteiger partial charge in [0.15, 0.2) is 0 Å². The molecule has 128 valence electrons. The van der Waals surface area contributed by atoms with E-state index in [-0.39, 0.29) is 0 Å². The number of benzene rings is 1. The summed E-state index contributed by atoms with van der Waals surface area (Å²) in [6, 6.07) is 9.63. The number of aliphatic carboxylic acids is 2. The second-order valence-electron chi connectivity index (χ2n) is 6.95. The lowest BCUT2D eigenvalue weighted by Crippen LogP contribution is -2.30. The van der Waals surface area contributed by atoms with Crippen molar-refractivity contribution in [2.24, 2.45) is 10.8 Å².